The highest BCUT2D eigenvalue weighted by molar-refractivity contribution is 5.89. The Balaban J connectivity index is 1.78. The van der Waals surface area contributed by atoms with E-state index in [9.17, 15) is 13.2 Å². The number of ether oxygens (including phenoxy) is 1. The molecule has 1 aliphatic heterocycles. The number of nitrogens with one attached hydrogen (secondary N) is 1. The zero-order valence-corrected chi connectivity index (χ0v) is 12.4. The van der Waals surface area contributed by atoms with Crippen LogP contribution in [0.1, 0.15) is 5.82 Å². The number of morpholine rings is 1. The predicted molar refractivity (Wildman–Crippen MR) is 80.3 cm³/mol. The van der Waals surface area contributed by atoms with Crippen LogP contribution in [-0.2, 0) is 10.9 Å². The van der Waals surface area contributed by atoms with Crippen LogP contribution < -0.4 is 5.32 Å². The summed E-state index contributed by atoms with van der Waals surface area (Å²) in [5.41, 5.74) is 0.281. The molecule has 1 aliphatic rings. The molecule has 1 aromatic carbocycles. The van der Waals surface area contributed by atoms with E-state index in [2.05, 4.69) is 20.2 Å². The number of hydrogen-bond acceptors (Lipinski definition) is 5. The summed E-state index contributed by atoms with van der Waals surface area (Å²) in [7, 11) is 0. The number of para-hydroxylation sites is 1. The Morgan fingerprint density at radius 3 is 2.61 bits per heavy atom. The normalized spacial score (nSPS) is 16.7. The lowest BCUT2D eigenvalue weighted by atomic mass is 10.2. The fraction of sp³-hybridized carbons (Fsp3) is 0.467. The lowest BCUT2D eigenvalue weighted by molar-refractivity contribution is -0.144. The van der Waals surface area contributed by atoms with E-state index in [4.69, 9.17) is 4.74 Å². The molecule has 5 nitrogen and oxygen atoms in total. The van der Waals surface area contributed by atoms with E-state index < -0.39 is 12.0 Å². The molecule has 0 atom stereocenters. The summed E-state index contributed by atoms with van der Waals surface area (Å²) in [6.07, 6.45) is -4.56. The molecule has 0 unspecified atom stereocenters. The molecule has 1 fully saturated rings. The molecule has 2 heterocycles. The van der Waals surface area contributed by atoms with Crippen LogP contribution in [0.25, 0.3) is 10.9 Å². The summed E-state index contributed by atoms with van der Waals surface area (Å²) in [6.45, 7) is 4.28. The van der Waals surface area contributed by atoms with Crippen LogP contribution in [0, 0.1) is 0 Å². The van der Waals surface area contributed by atoms with Gasteiger partial charge in [-0.2, -0.15) is 13.2 Å². The molecule has 23 heavy (non-hydrogen) atoms. The average Bonchev–Trinajstić information content (AvgIpc) is 2.55. The maximum atomic E-state index is 12.9. The fourth-order valence-electron chi connectivity index (χ4n) is 2.50. The van der Waals surface area contributed by atoms with Crippen LogP contribution in [-0.4, -0.2) is 54.3 Å². The van der Waals surface area contributed by atoms with Gasteiger partial charge in [-0.3, -0.25) is 4.90 Å². The molecule has 8 heteroatoms. The third-order valence-corrected chi connectivity index (χ3v) is 3.68. The Morgan fingerprint density at radius 1 is 1.13 bits per heavy atom. The second kappa shape index (κ2) is 6.67. The van der Waals surface area contributed by atoms with Crippen LogP contribution in [0.15, 0.2) is 24.3 Å². The Morgan fingerprint density at radius 2 is 1.87 bits per heavy atom. The number of benzene rings is 1. The molecule has 2 aromatic rings. The third kappa shape index (κ3) is 3.89. The first kappa shape index (κ1) is 15.9. The van der Waals surface area contributed by atoms with E-state index in [1.165, 1.54) is 0 Å². The number of nitrogens with zero attached hydrogens (tertiary/aromatic N) is 3. The van der Waals surface area contributed by atoms with Crippen molar-refractivity contribution in [3.63, 3.8) is 0 Å². The molecule has 1 saturated heterocycles. The quantitative estimate of drug-likeness (QED) is 0.935. The molecule has 124 valence electrons. The van der Waals surface area contributed by atoms with Crippen LogP contribution in [0.3, 0.4) is 0 Å². The van der Waals surface area contributed by atoms with Gasteiger partial charge in [0.1, 0.15) is 5.82 Å². The first-order chi connectivity index (χ1) is 11.0. The van der Waals surface area contributed by atoms with E-state index in [0.717, 1.165) is 19.6 Å². The smallest absolute Gasteiger partial charge is 0.379 e. The number of rotatable bonds is 4. The number of alkyl halides is 3. The summed E-state index contributed by atoms with van der Waals surface area (Å²) >= 11 is 0. The molecule has 0 amide bonds. The van der Waals surface area contributed by atoms with Gasteiger partial charge < -0.3 is 10.1 Å². The minimum Gasteiger partial charge on any atom is -0.379 e. The molecule has 3 rings (SSSR count). The highest BCUT2D eigenvalue weighted by Gasteiger charge is 2.35. The number of fused-ring (bicyclic) bond motifs is 1. The van der Waals surface area contributed by atoms with Crippen LogP contribution >= 0.6 is 0 Å². The molecule has 1 N–H and O–H groups in total. The van der Waals surface area contributed by atoms with E-state index in [0.29, 0.717) is 25.1 Å². The Labute approximate surface area is 131 Å². The van der Waals surface area contributed by atoms with Crippen molar-refractivity contribution in [2.45, 2.75) is 6.18 Å². The van der Waals surface area contributed by atoms with E-state index in [-0.39, 0.29) is 11.3 Å². The van der Waals surface area contributed by atoms with Crippen LogP contribution in [0.5, 0.6) is 0 Å². The Bertz CT molecular complexity index is 671. The molecule has 0 saturated carbocycles. The van der Waals surface area contributed by atoms with Gasteiger partial charge in [-0.25, -0.2) is 9.97 Å². The highest BCUT2D eigenvalue weighted by atomic mass is 19.4. The minimum atomic E-state index is -4.56. The summed E-state index contributed by atoms with van der Waals surface area (Å²) in [5.74, 6) is -0.902. The lowest BCUT2D eigenvalue weighted by Crippen LogP contribution is -2.39. The third-order valence-electron chi connectivity index (χ3n) is 3.68. The van der Waals surface area contributed by atoms with Gasteiger partial charge in [-0.1, -0.05) is 12.1 Å². The van der Waals surface area contributed by atoms with Gasteiger partial charge in [0.2, 0.25) is 5.82 Å². The van der Waals surface area contributed by atoms with Crippen molar-refractivity contribution in [2.24, 2.45) is 0 Å². The second-order valence-corrected chi connectivity index (χ2v) is 5.29. The molecule has 0 radical (unpaired) electrons. The number of hydrogen-bond donors (Lipinski definition) is 1. The van der Waals surface area contributed by atoms with Crippen molar-refractivity contribution < 1.29 is 17.9 Å². The largest absolute Gasteiger partial charge is 0.451 e. The summed E-state index contributed by atoms with van der Waals surface area (Å²) in [5, 5.41) is 3.60. The standard InChI is InChI=1S/C15H17F3N4O/c16-15(17,18)14-20-12-4-2-1-3-11(12)13(21-14)19-5-6-22-7-9-23-10-8-22/h1-4H,5-10H2,(H,19,20,21). The SMILES string of the molecule is FC(F)(F)c1nc(NCCN2CCOCC2)c2ccccc2n1. The monoisotopic (exact) mass is 326 g/mol. The van der Waals surface area contributed by atoms with Gasteiger partial charge in [-0.05, 0) is 12.1 Å². The summed E-state index contributed by atoms with van der Waals surface area (Å²) < 4.78 is 44.1. The van der Waals surface area contributed by atoms with Crippen molar-refractivity contribution in [1.29, 1.82) is 0 Å². The van der Waals surface area contributed by atoms with Crippen molar-refractivity contribution in [3.05, 3.63) is 30.1 Å². The fourth-order valence-corrected chi connectivity index (χ4v) is 2.50. The maximum Gasteiger partial charge on any atom is 0.451 e. The van der Waals surface area contributed by atoms with E-state index in [1.807, 2.05) is 0 Å². The molecule has 1 aromatic heterocycles. The van der Waals surface area contributed by atoms with Gasteiger partial charge in [-0.15, -0.1) is 0 Å². The molecular formula is C15H17F3N4O. The zero-order valence-electron chi connectivity index (χ0n) is 12.4. The van der Waals surface area contributed by atoms with Crippen molar-refractivity contribution in [1.82, 2.24) is 14.9 Å². The number of aromatic nitrogens is 2. The topological polar surface area (TPSA) is 50.3 Å². The van der Waals surface area contributed by atoms with Crippen molar-refractivity contribution >= 4 is 16.7 Å². The zero-order chi connectivity index (χ0) is 16.3. The van der Waals surface area contributed by atoms with Gasteiger partial charge in [0.05, 0.1) is 18.7 Å². The Hall–Kier alpha value is -1.93. The van der Waals surface area contributed by atoms with Crippen LogP contribution in [0.2, 0.25) is 0 Å². The van der Waals surface area contributed by atoms with E-state index >= 15 is 0 Å². The lowest BCUT2D eigenvalue weighted by Gasteiger charge is -2.26. The summed E-state index contributed by atoms with van der Waals surface area (Å²) in [6, 6.07) is 6.69. The number of anilines is 1. The van der Waals surface area contributed by atoms with Gasteiger partial charge in [0, 0.05) is 31.6 Å². The Kier molecular flexibility index (Phi) is 4.63. The van der Waals surface area contributed by atoms with Crippen molar-refractivity contribution in [2.75, 3.05) is 44.7 Å². The first-order valence-electron chi connectivity index (χ1n) is 7.42. The molecule has 0 aliphatic carbocycles. The van der Waals surface area contributed by atoms with Crippen molar-refractivity contribution in [3.8, 4) is 0 Å². The number of halogens is 3. The molecule has 0 bridgehead atoms. The van der Waals surface area contributed by atoms with Gasteiger partial charge >= 0.3 is 6.18 Å². The maximum absolute atomic E-state index is 12.9. The second-order valence-electron chi connectivity index (χ2n) is 5.29. The summed E-state index contributed by atoms with van der Waals surface area (Å²) in [4.78, 5) is 9.47. The minimum absolute atomic E-state index is 0.219. The molecular weight excluding hydrogens is 309 g/mol. The first-order valence-corrected chi connectivity index (χ1v) is 7.42. The average molecular weight is 326 g/mol. The predicted octanol–water partition coefficient (Wildman–Crippen LogP) is 2.39. The highest BCUT2D eigenvalue weighted by Crippen LogP contribution is 2.30. The van der Waals surface area contributed by atoms with Crippen LogP contribution in [0.4, 0.5) is 19.0 Å². The van der Waals surface area contributed by atoms with Gasteiger partial charge in [0.15, 0.2) is 0 Å². The van der Waals surface area contributed by atoms with E-state index in [1.54, 1.807) is 24.3 Å². The molecule has 0 spiro atoms. The van der Waals surface area contributed by atoms with Gasteiger partial charge in [0.25, 0.3) is 0 Å².